The Morgan fingerprint density at radius 2 is 2.00 bits per heavy atom. The Hall–Kier alpha value is -1.56. The van der Waals surface area contributed by atoms with E-state index in [4.69, 9.17) is 0 Å². The van der Waals surface area contributed by atoms with Gasteiger partial charge in [-0.2, -0.15) is 0 Å². The molecule has 2 rings (SSSR count). The fourth-order valence-corrected chi connectivity index (χ4v) is 3.99. The summed E-state index contributed by atoms with van der Waals surface area (Å²) in [6.45, 7) is 5.31. The molecule has 1 aliphatic rings. The van der Waals surface area contributed by atoms with Crippen molar-refractivity contribution in [2.45, 2.75) is 25.0 Å². The van der Waals surface area contributed by atoms with Gasteiger partial charge in [0.25, 0.3) is 0 Å². The van der Waals surface area contributed by atoms with Crippen molar-refractivity contribution < 1.29 is 8.42 Å². The van der Waals surface area contributed by atoms with E-state index >= 15 is 0 Å². The lowest BCUT2D eigenvalue weighted by molar-refractivity contribution is 0.353. The van der Waals surface area contributed by atoms with Crippen LogP contribution in [0.5, 0.6) is 0 Å². The van der Waals surface area contributed by atoms with Gasteiger partial charge in [-0.15, -0.1) is 0 Å². The molecule has 122 valence electrons. The summed E-state index contributed by atoms with van der Waals surface area (Å²) in [5, 5.41) is 3.33. The van der Waals surface area contributed by atoms with Crippen LogP contribution in [0.15, 0.2) is 35.3 Å². The second kappa shape index (κ2) is 6.69. The summed E-state index contributed by atoms with van der Waals surface area (Å²) in [7, 11) is -1.29. The molecule has 1 saturated heterocycles. The predicted octanol–water partition coefficient (Wildman–Crippen LogP) is 1.31. The van der Waals surface area contributed by atoms with Gasteiger partial charge >= 0.3 is 0 Å². The predicted molar refractivity (Wildman–Crippen MR) is 90.9 cm³/mol. The highest BCUT2D eigenvalue weighted by Gasteiger charge is 2.40. The zero-order valence-corrected chi connectivity index (χ0v) is 14.4. The van der Waals surface area contributed by atoms with Gasteiger partial charge in [0.2, 0.25) is 0 Å². The van der Waals surface area contributed by atoms with Crippen LogP contribution in [0.25, 0.3) is 0 Å². The van der Waals surface area contributed by atoms with E-state index in [0.717, 1.165) is 18.9 Å². The van der Waals surface area contributed by atoms with E-state index in [9.17, 15) is 8.42 Å². The number of nitrogens with zero attached hydrogens (tertiary/aromatic N) is 2. The van der Waals surface area contributed by atoms with Crippen molar-refractivity contribution in [1.82, 2.24) is 10.2 Å². The Labute approximate surface area is 133 Å². The lowest BCUT2D eigenvalue weighted by Crippen LogP contribution is -2.57. The Morgan fingerprint density at radius 3 is 2.59 bits per heavy atom. The molecule has 1 N–H and O–H groups in total. The Morgan fingerprint density at radius 1 is 1.32 bits per heavy atom. The van der Waals surface area contributed by atoms with Crippen molar-refractivity contribution in [2.24, 2.45) is 4.99 Å². The second-order valence-electron chi connectivity index (χ2n) is 6.21. The van der Waals surface area contributed by atoms with Crippen molar-refractivity contribution in [2.75, 3.05) is 32.4 Å². The minimum Gasteiger partial charge on any atom is -0.356 e. The Bertz CT molecular complexity index is 624. The minimum absolute atomic E-state index is 0.180. The third-order valence-corrected chi connectivity index (χ3v) is 6.63. The smallest absolute Gasteiger partial charge is 0.193 e. The topological polar surface area (TPSA) is 61.8 Å². The average molecular weight is 323 g/mol. The summed E-state index contributed by atoms with van der Waals surface area (Å²) in [5.74, 6) is 0.957. The van der Waals surface area contributed by atoms with Gasteiger partial charge in [0, 0.05) is 26.7 Å². The highest BCUT2D eigenvalue weighted by molar-refractivity contribution is 7.92. The molecule has 22 heavy (non-hydrogen) atoms. The molecule has 0 aliphatic carbocycles. The molecule has 6 heteroatoms. The van der Waals surface area contributed by atoms with Crippen LogP contribution in [0, 0.1) is 0 Å². The summed E-state index contributed by atoms with van der Waals surface area (Å²) in [6.07, 6.45) is 0.912. The van der Waals surface area contributed by atoms with Crippen LogP contribution < -0.4 is 5.32 Å². The molecule has 0 atom stereocenters. The average Bonchev–Trinajstić information content (AvgIpc) is 2.48. The van der Waals surface area contributed by atoms with Crippen molar-refractivity contribution in [3.8, 4) is 0 Å². The molecule has 0 bridgehead atoms. The van der Waals surface area contributed by atoms with Gasteiger partial charge in [0.15, 0.2) is 15.8 Å². The van der Waals surface area contributed by atoms with E-state index in [1.165, 1.54) is 5.56 Å². The third-order valence-electron chi connectivity index (χ3n) is 4.09. The first-order valence-electron chi connectivity index (χ1n) is 7.57. The van der Waals surface area contributed by atoms with E-state index in [-0.39, 0.29) is 5.75 Å². The molecule has 1 fully saturated rings. The number of benzene rings is 1. The van der Waals surface area contributed by atoms with Crippen LogP contribution in [0.1, 0.15) is 19.4 Å². The van der Waals surface area contributed by atoms with Crippen LogP contribution in [0.2, 0.25) is 0 Å². The van der Waals surface area contributed by atoms with Gasteiger partial charge in [0.05, 0.1) is 10.5 Å². The van der Waals surface area contributed by atoms with Crippen molar-refractivity contribution in [1.29, 1.82) is 0 Å². The molecule has 1 aromatic rings. The number of aliphatic imine (C=N–C) groups is 1. The molecule has 1 heterocycles. The molecule has 0 aromatic heterocycles. The summed E-state index contributed by atoms with van der Waals surface area (Å²) in [5.41, 5.74) is 1.27. The lowest BCUT2D eigenvalue weighted by Gasteiger charge is -2.39. The summed E-state index contributed by atoms with van der Waals surface area (Å²) in [6, 6.07) is 10.3. The maximum atomic E-state index is 12.1. The third kappa shape index (κ3) is 3.80. The van der Waals surface area contributed by atoms with Gasteiger partial charge in [0.1, 0.15) is 0 Å². The first-order chi connectivity index (χ1) is 10.4. The van der Waals surface area contributed by atoms with E-state index in [2.05, 4.69) is 22.4 Å². The summed E-state index contributed by atoms with van der Waals surface area (Å²) < 4.78 is 23.4. The zero-order chi connectivity index (χ0) is 16.2. The van der Waals surface area contributed by atoms with E-state index in [0.29, 0.717) is 13.1 Å². The number of hydrogen-bond donors (Lipinski definition) is 1. The van der Waals surface area contributed by atoms with Crippen LogP contribution in [0.3, 0.4) is 0 Å². The molecule has 0 spiro atoms. The Balaban J connectivity index is 1.93. The second-order valence-corrected chi connectivity index (χ2v) is 8.95. The molecular formula is C16H25N3O2S. The zero-order valence-electron chi connectivity index (χ0n) is 13.5. The monoisotopic (exact) mass is 323 g/mol. The SMILES string of the molecule is CN=C(NCCc1ccccc1)N1CCS(=O)(=O)C(C)(C)C1. The largest absolute Gasteiger partial charge is 0.356 e. The molecule has 5 nitrogen and oxygen atoms in total. The standard InChI is InChI=1S/C16H25N3O2S/c1-16(2)13-19(11-12-22(16,20)21)15(17-3)18-10-9-14-7-5-4-6-8-14/h4-8H,9-13H2,1-3H3,(H,17,18). The van der Waals surface area contributed by atoms with Gasteiger partial charge in [-0.3, -0.25) is 4.99 Å². The number of nitrogens with one attached hydrogen (secondary N) is 1. The molecule has 0 saturated carbocycles. The molecule has 0 amide bonds. The van der Waals surface area contributed by atoms with Crippen molar-refractivity contribution >= 4 is 15.8 Å². The summed E-state index contributed by atoms with van der Waals surface area (Å²) >= 11 is 0. The van der Waals surface area contributed by atoms with Crippen molar-refractivity contribution in [3.05, 3.63) is 35.9 Å². The first-order valence-corrected chi connectivity index (χ1v) is 9.23. The molecule has 1 aliphatic heterocycles. The molecular weight excluding hydrogens is 298 g/mol. The maximum Gasteiger partial charge on any atom is 0.193 e. The molecule has 0 radical (unpaired) electrons. The quantitative estimate of drug-likeness (QED) is 0.673. The minimum atomic E-state index is -3.02. The lowest BCUT2D eigenvalue weighted by atomic mass is 10.1. The van der Waals surface area contributed by atoms with Gasteiger partial charge < -0.3 is 10.2 Å². The van der Waals surface area contributed by atoms with Crippen LogP contribution in [-0.2, 0) is 16.3 Å². The van der Waals surface area contributed by atoms with Crippen LogP contribution in [-0.4, -0.2) is 56.5 Å². The summed E-state index contributed by atoms with van der Waals surface area (Å²) in [4.78, 5) is 6.33. The molecule has 0 unspecified atom stereocenters. The Kier molecular flexibility index (Phi) is 5.11. The number of sulfone groups is 1. The maximum absolute atomic E-state index is 12.1. The normalized spacial score (nSPS) is 20.7. The van der Waals surface area contributed by atoms with Crippen LogP contribution >= 0.6 is 0 Å². The van der Waals surface area contributed by atoms with Gasteiger partial charge in [-0.25, -0.2) is 8.42 Å². The van der Waals surface area contributed by atoms with Crippen molar-refractivity contribution in [3.63, 3.8) is 0 Å². The molecule has 1 aromatic carbocycles. The van der Waals surface area contributed by atoms with Gasteiger partial charge in [-0.05, 0) is 25.8 Å². The first kappa shape index (κ1) is 16.8. The highest BCUT2D eigenvalue weighted by Crippen LogP contribution is 2.23. The van der Waals surface area contributed by atoms with E-state index in [1.807, 2.05) is 23.1 Å². The fourth-order valence-electron chi connectivity index (χ4n) is 2.62. The number of guanidine groups is 1. The van der Waals surface area contributed by atoms with Gasteiger partial charge in [-0.1, -0.05) is 30.3 Å². The van der Waals surface area contributed by atoms with E-state index in [1.54, 1.807) is 20.9 Å². The van der Waals surface area contributed by atoms with Crippen LogP contribution in [0.4, 0.5) is 0 Å². The highest BCUT2D eigenvalue weighted by atomic mass is 32.2. The fraction of sp³-hybridized carbons (Fsp3) is 0.562. The number of rotatable bonds is 3. The number of hydrogen-bond acceptors (Lipinski definition) is 3. The van der Waals surface area contributed by atoms with E-state index < -0.39 is 14.6 Å².